The number of halogens is 1. The summed E-state index contributed by atoms with van der Waals surface area (Å²) in [5.41, 5.74) is 0. The second-order valence-electron chi connectivity index (χ2n) is 2.35. The first-order valence-electron chi connectivity index (χ1n) is 3.59. The Balaban J connectivity index is 2.94. The van der Waals surface area contributed by atoms with Crippen molar-refractivity contribution in [1.82, 2.24) is 4.98 Å². The molecule has 70 valence electrons. The van der Waals surface area contributed by atoms with Gasteiger partial charge in [0.25, 0.3) is 0 Å². The molecule has 0 radical (unpaired) electrons. The van der Waals surface area contributed by atoms with Gasteiger partial charge in [-0.05, 0) is 17.7 Å². The summed E-state index contributed by atoms with van der Waals surface area (Å²) in [7, 11) is 3.05. The van der Waals surface area contributed by atoms with Crippen molar-refractivity contribution in [3.8, 4) is 5.88 Å². The van der Waals surface area contributed by atoms with Crippen molar-refractivity contribution in [3.05, 3.63) is 18.2 Å². The summed E-state index contributed by atoms with van der Waals surface area (Å²) in [6, 6.07) is 5.09. The molecule has 0 aliphatic heterocycles. The molecule has 5 heteroatoms. The Labute approximate surface area is 81.1 Å². The van der Waals surface area contributed by atoms with Crippen molar-refractivity contribution < 1.29 is 9.53 Å². The number of amides is 1. The Morgan fingerprint density at radius 2 is 2.31 bits per heavy atom. The van der Waals surface area contributed by atoms with E-state index in [1.54, 1.807) is 18.2 Å². The molecule has 0 aromatic carbocycles. The zero-order valence-electron chi connectivity index (χ0n) is 7.32. The number of rotatable bonds is 2. The summed E-state index contributed by atoms with van der Waals surface area (Å²) >= 11 is 5.26. The molecule has 1 aromatic rings. The van der Waals surface area contributed by atoms with Crippen LogP contribution in [0.15, 0.2) is 18.2 Å². The van der Waals surface area contributed by atoms with E-state index in [9.17, 15) is 4.79 Å². The molecular formula is C8H9ClN2O2. The van der Waals surface area contributed by atoms with Crippen LogP contribution in [0.25, 0.3) is 0 Å². The molecule has 0 unspecified atom stereocenters. The van der Waals surface area contributed by atoms with Crippen LogP contribution in [-0.4, -0.2) is 24.5 Å². The highest BCUT2D eigenvalue weighted by molar-refractivity contribution is 6.66. The zero-order chi connectivity index (χ0) is 9.84. The third-order valence-corrected chi connectivity index (χ3v) is 1.78. The quantitative estimate of drug-likeness (QED) is 0.541. The van der Waals surface area contributed by atoms with Crippen molar-refractivity contribution in [3.63, 3.8) is 0 Å². The standard InChI is InChI=1S/C8H9ClN2O2/c1-11(8(9)12)6-4-3-5-7(10-6)13-2/h3-5H,1-2H3. The fourth-order valence-corrected chi connectivity index (χ4v) is 0.881. The molecule has 0 spiro atoms. The number of aromatic nitrogens is 1. The van der Waals surface area contributed by atoms with Crippen LogP contribution in [0, 0.1) is 0 Å². The predicted molar refractivity (Wildman–Crippen MR) is 50.4 cm³/mol. The lowest BCUT2D eigenvalue weighted by Crippen LogP contribution is -2.20. The lowest BCUT2D eigenvalue weighted by Gasteiger charge is -2.12. The first-order chi connectivity index (χ1) is 6.15. The van der Waals surface area contributed by atoms with Crippen LogP contribution in [0.1, 0.15) is 0 Å². The van der Waals surface area contributed by atoms with E-state index >= 15 is 0 Å². The Morgan fingerprint density at radius 1 is 1.62 bits per heavy atom. The van der Waals surface area contributed by atoms with E-state index in [0.717, 1.165) is 0 Å². The first-order valence-corrected chi connectivity index (χ1v) is 3.97. The van der Waals surface area contributed by atoms with Gasteiger partial charge in [-0.25, -0.2) is 0 Å². The van der Waals surface area contributed by atoms with Crippen molar-refractivity contribution in [1.29, 1.82) is 0 Å². The van der Waals surface area contributed by atoms with Crippen molar-refractivity contribution in [2.45, 2.75) is 0 Å². The number of carbonyl (C=O) groups is 1. The first kappa shape index (κ1) is 9.80. The van der Waals surface area contributed by atoms with Crippen LogP contribution in [-0.2, 0) is 0 Å². The molecule has 0 atom stereocenters. The minimum atomic E-state index is -0.583. The number of nitrogens with zero attached hydrogens (tertiary/aromatic N) is 2. The van der Waals surface area contributed by atoms with Crippen molar-refractivity contribution in [2.75, 3.05) is 19.1 Å². The van der Waals surface area contributed by atoms with E-state index in [1.807, 2.05) is 0 Å². The van der Waals surface area contributed by atoms with Gasteiger partial charge in [-0.1, -0.05) is 6.07 Å². The maximum absolute atomic E-state index is 10.8. The minimum Gasteiger partial charge on any atom is -0.481 e. The van der Waals surface area contributed by atoms with Gasteiger partial charge >= 0.3 is 5.37 Å². The van der Waals surface area contributed by atoms with Gasteiger partial charge < -0.3 is 4.74 Å². The van der Waals surface area contributed by atoms with Crippen LogP contribution < -0.4 is 9.64 Å². The molecule has 1 heterocycles. The van der Waals surface area contributed by atoms with E-state index in [-0.39, 0.29) is 0 Å². The number of methoxy groups -OCH3 is 1. The highest BCUT2D eigenvalue weighted by Crippen LogP contribution is 2.15. The van der Waals surface area contributed by atoms with Crippen molar-refractivity contribution >= 4 is 22.8 Å². The largest absolute Gasteiger partial charge is 0.481 e. The van der Waals surface area contributed by atoms with E-state index in [1.165, 1.54) is 19.1 Å². The molecule has 0 aliphatic carbocycles. The number of ether oxygens (including phenoxy) is 1. The summed E-state index contributed by atoms with van der Waals surface area (Å²) in [6.45, 7) is 0. The smallest absolute Gasteiger partial charge is 0.321 e. The number of pyridine rings is 1. The Kier molecular flexibility index (Phi) is 3.08. The van der Waals surface area contributed by atoms with Gasteiger partial charge in [-0.3, -0.25) is 9.69 Å². The van der Waals surface area contributed by atoms with Gasteiger partial charge in [0.15, 0.2) is 0 Å². The van der Waals surface area contributed by atoms with Crippen LogP contribution in [0.4, 0.5) is 10.6 Å². The van der Waals surface area contributed by atoms with E-state index in [0.29, 0.717) is 11.7 Å². The third kappa shape index (κ3) is 2.32. The van der Waals surface area contributed by atoms with Gasteiger partial charge in [-0.2, -0.15) is 4.98 Å². The zero-order valence-corrected chi connectivity index (χ0v) is 8.08. The second kappa shape index (κ2) is 4.09. The van der Waals surface area contributed by atoms with Crippen molar-refractivity contribution in [2.24, 2.45) is 0 Å². The Bertz CT molecular complexity index is 317. The molecule has 1 rings (SSSR count). The number of hydrogen-bond donors (Lipinski definition) is 0. The van der Waals surface area contributed by atoms with E-state index < -0.39 is 5.37 Å². The highest BCUT2D eigenvalue weighted by Gasteiger charge is 2.08. The van der Waals surface area contributed by atoms with Gasteiger partial charge in [0.05, 0.1) is 7.11 Å². The molecule has 4 nitrogen and oxygen atoms in total. The summed E-state index contributed by atoms with van der Waals surface area (Å²) in [6.07, 6.45) is 0. The maximum Gasteiger partial charge on any atom is 0.321 e. The van der Waals surface area contributed by atoms with E-state index in [4.69, 9.17) is 16.3 Å². The van der Waals surface area contributed by atoms with Gasteiger partial charge in [0.2, 0.25) is 5.88 Å². The highest BCUT2D eigenvalue weighted by atomic mass is 35.5. The summed E-state index contributed by atoms with van der Waals surface area (Å²) in [5.74, 6) is 0.904. The number of carbonyl (C=O) groups excluding carboxylic acids is 1. The van der Waals surface area contributed by atoms with Crippen LogP contribution >= 0.6 is 11.6 Å². The predicted octanol–water partition coefficient (Wildman–Crippen LogP) is 1.89. The molecule has 1 amide bonds. The third-order valence-electron chi connectivity index (χ3n) is 1.53. The van der Waals surface area contributed by atoms with Gasteiger partial charge in [-0.15, -0.1) is 0 Å². The fourth-order valence-electron chi connectivity index (χ4n) is 0.794. The molecule has 0 bridgehead atoms. The average molecular weight is 201 g/mol. The topological polar surface area (TPSA) is 42.4 Å². The molecule has 0 N–H and O–H groups in total. The molecular weight excluding hydrogens is 192 g/mol. The molecule has 0 aliphatic rings. The molecule has 0 saturated carbocycles. The summed E-state index contributed by atoms with van der Waals surface area (Å²) < 4.78 is 4.89. The van der Waals surface area contributed by atoms with Gasteiger partial charge in [0.1, 0.15) is 5.82 Å². The Morgan fingerprint density at radius 3 is 2.85 bits per heavy atom. The molecule has 1 aromatic heterocycles. The SMILES string of the molecule is COc1cccc(N(C)C(=O)Cl)n1. The minimum absolute atomic E-state index is 0.447. The molecule has 13 heavy (non-hydrogen) atoms. The van der Waals surface area contributed by atoms with Gasteiger partial charge in [0, 0.05) is 13.1 Å². The summed E-state index contributed by atoms with van der Waals surface area (Å²) in [5, 5.41) is -0.583. The maximum atomic E-state index is 10.8. The number of anilines is 1. The lowest BCUT2D eigenvalue weighted by atomic mass is 10.4. The molecule has 0 saturated heterocycles. The van der Waals surface area contributed by atoms with E-state index in [2.05, 4.69) is 4.98 Å². The fraction of sp³-hybridized carbons (Fsp3) is 0.250. The Hall–Kier alpha value is -1.29. The number of hydrogen-bond acceptors (Lipinski definition) is 3. The molecule has 0 fully saturated rings. The summed E-state index contributed by atoms with van der Waals surface area (Å²) in [4.78, 5) is 16.0. The van der Waals surface area contributed by atoms with Crippen LogP contribution in [0.2, 0.25) is 0 Å². The van der Waals surface area contributed by atoms with Crippen LogP contribution in [0.3, 0.4) is 0 Å². The normalized spacial score (nSPS) is 9.46. The van der Waals surface area contributed by atoms with Crippen LogP contribution in [0.5, 0.6) is 5.88 Å². The average Bonchev–Trinajstić information content (AvgIpc) is 2.16. The lowest BCUT2D eigenvalue weighted by molar-refractivity contribution is 0.265. The monoisotopic (exact) mass is 200 g/mol. The second-order valence-corrected chi connectivity index (χ2v) is 2.67.